The Morgan fingerprint density at radius 3 is 2.39 bits per heavy atom. The zero-order valence-corrected chi connectivity index (χ0v) is 15.1. The number of unbranched alkanes of at least 4 members (excludes halogenated alkanes) is 1. The van der Waals surface area contributed by atoms with Crippen molar-refractivity contribution in [2.45, 2.75) is 72.3 Å². The van der Waals surface area contributed by atoms with Crippen LogP contribution in [0.5, 0.6) is 0 Å². The van der Waals surface area contributed by atoms with E-state index in [1.165, 1.54) is 11.1 Å². The number of aromatic nitrogens is 1. The highest BCUT2D eigenvalue weighted by Crippen LogP contribution is 2.35. The minimum Gasteiger partial charge on any atom is -0.478 e. The van der Waals surface area contributed by atoms with Gasteiger partial charge < -0.3 is 9.67 Å². The van der Waals surface area contributed by atoms with Crippen LogP contribution < -0.4 is 0 Å². The van der Waals surface area contributed by atoms with Crippen LogP contribution in [-0.4, -0.2) is 15.6 Å². The van der Waals surface area contributed by atoms with Crippen LogP contribution in [0.2, 0.25) is 0 Å². The summed E-state index contributed by atoms with van der Waals surface area (Å²) in [4.78, 5) is 11.6. The molecule has 1 heterocycles. The summed E-state index contributed by atoms with van der Waals surface area (Å²) in [6.07, 6.45) is 6.60. The second-order valence-electron chi connectivity index (χ2n) is 7.43. The summed E-state index contributed by atoms with van der Waals surface area (Å²) in [5, 5.41) is 10.6. The Bertz CT molecular complexity index is 704. The SMILES string of the molecule is CCCCc1cn(CCC)c2c(C(C)(C)C)cc(C(=O)O)cc12. The van der Waals surface area contributed by atoms with Crippen molar-refractivity contribution in [3.63, 3.8) is 0 Å². The van der Waals surface area contributed by atoms with Gasteiger partial charge in [0.25, 0.3) is 0 Å². The molecule has 1 aromatic carbocycles. The second-order valence-corrected chi connectivity index (χ2v) is 7.43. The van der Waals surface area contributed by atoms with Crippen LogP contribution in [-0.2, 0) is 18.4 Å². The fraction of sp³-hybridized carbons (Fsp3) is 0.550. The molecule has 0 aliphatic heterocycles. The molecule has 0 fully saturated rings. The molecule has 0 saturated heterocycles. The molecule has 23 heavy (non-hydrogen) atoms. The van der Waals surface area contributed by atoms with Gasteiger partial charge in [0.1, 0.15) is 0 Å². The van der Waals surface area contributed by atoms with Gasteiger partial charge >= 0.3 is 5.97 Å². The van der Waals surface area contributed by atoms with E-state index in [-0.39, 0.29) is 5.41 Å². The van der Waals surface area contributed by atoms with Crippen molar-refractivity contribution in [3.8, 4) is 0 Å². The highest BCUT2D eigenvalue weighted by atomic mass is 16.4. The number of aromatic carboxylic acids is 1. The van der Waals surface area contributed by atoms with Crippen LogP contribution in [0.25, 0.3) is 10.9 Å². The molecule has 0 spiro atoms. The molecule has 1 N–H and O–H groups in total. The van der Waals surface area contributed by atoms with Crippen molar-refractivity contribution >= 4 is 16.9 Å². The Morgan fingerprint density at radius 2 is 1.87 bits per heavy atom. The molecule has 3 heteroatoms. The number of rotatable bonds is 6. The van der Waals surface area contributed by atoms with Crippen LogP contribution in [0.1, 0.15) is 75.4 Å². The Labute approximate surface area is 139 Å². The summed E-state index contributed by atoms with van der Waals surface area (Å²) < 4.78 is 2.33. The number of hydrogen-bond donors (Lipinski definition) is 1. The van der Waals surface area contributed by atoms with Gasteiger partial charge in [-0.3, -0.25) is 0 Å². The van der Waals surface area contributed by atoms with Gasteiger partial charge in [0.15, 0.2) is 0 Å². The average Bonchev–Trinajstić information content (AvgIpc) is 2.81. The topological polar surface area (TPSA) is 42.2 Å². The number of aryl methyl sites for hydroxylation is 2. The monoisotopic (exact) mass is 315 g/mol. The maximum atomic E-state index is 11.6. The fourth-order valence-electron chi connectivity index (χ4n) is 3.19. The lowest BCUT2D eigenvalue weighted by atomic mass is 9.84. The summed E-state index contributed by atoms with van der Waals surface area (Å²) in [6.45, 7) is 11.8. The van der Waals surface area contributed by atoms with Gasteiger partial charge in [0, 0.05) is 18.1 Å². The van der Waals surface area contributed by atoms with Crippen LogP contribution in [0.3, 0.4) is 0 Å². The minimum atomic E-state index is -0.845. The van der Waals surface area contributed by atoms with Gasteiger partial charge in [-0.25, -0.2) is 4.79 Å². The second kappa shape index (κ2) is 6.77. The van der Waals surface area contributed by atoms with Crippen LogP contribution in [0, 0.1) is 0 Å². The van der Waals surface area contributed by atoms with Gasteiger partial charge in [-0.15, -0.1) is 0 Å². The first-order valence-electron chi connectivity index (χ1n) is 8.69. The first-order chi connectivity index (χ1) is 10.8. The Kier molecular flexibility index (Phi) is 5.18. The predicted octanol–water partition coefficient (Wildman–Crippen LogP) is 5.39. The van der Waals surface area contributed by atoms with Crippen LogP contribution >= 0.6 is 0 Å². The van der Waals surface area contributed by atoms with Crippen LogP contribution in [0.4, 0.5) is 0 Å². The highest BCUT2D eigenvalue weighted by Gasteiger charge is 2.23. The zero-order chi connectivity index (χ0) is 17.2. The third-order valence-corrected chi connectivity index (χ3v) is 4.37. The highest BCUT2D eigenvalue weighted by molar-refractivity contribution is 5.97. The molecule has 0 unspecified atom stereocenters. The third kappa shape index (κ3) is 3.60. The molecular weight excluding hydrogens is 286 g/mol. The normalized spacial score (nSPS) is 12.0. The number of nitrogens with zero attached hydrogens (tertiary/aromatic N) is 1. The molecule has 0 amide bonds. The maximum absolute atomic E-state index is 11.6. The fourth-order valence-corrected chi connectivity index (χ4v) is 3.19. The molecule has 0 aliphatic rings. The summed E-state index contributed by atoms with van der Waals surface area (Å²) in [7, 11) is 0. The number of carboxylic acids is 1. The smallest absolute Gasteiger partial charge is 0.335 e. The van der Waals surface area contributed by atoms with Crippen molar-refractivity contribution in [2.75, 3.05) is 0 Å². The lowest BCUT2D eigenvalue weighted by Gasteiger charge is -2.22. The van der Waals surface area contributed by atoms with Crippen molar-refractivity contribution in [2.24, 2.45) is 0 Å². The summed E-state index contributed by atoms with van der Waals surface area (Å²) in [6, 6.07) is 3.73. The maximum Gasteiger partial charge on any atom is 0.335 e. The van der Waals surface area contributed by atoms with E-state index in [0.29, 0.717) is 5.56 Å². The van der Waals surface area contributed by atoms with Crippen molar-refractivity contribution in [1.29, 1.82) is 0 Å². The number of carbonyl (C=O) groups is 1. The van der Waals surface area contributed by atoms with Gasteiger partial charge in [-0.05, 0) is 47.9 Å². The van der Waals surface area contributed by atoms with E-state index < -0.39 is 5.97 Å². The van der Waals surface area contributed by atoms with Gasteiger partial charge in [0.05, 0.1) is 11.1 Å². The Balaban J connectivity index is 2.79. The standard InChI is InChI=1S/C20H29NO2/c1-6-8-9-14-13-21(10-7-2)18-16(14)11-15(19(22)23)12-17(18)20(3,4)5/h11-13H,6-10H2,1-5H3,(H,22,23). The van der Waals surface area contributed by atoms with Crippen molar-refractivity contribution in [3.05, 3.63) is 35.0 Å². The number of benzene rings is 1. The molecular formula is C20H29NO2. The van der Waals surface area contributed by atoms with E-state index in [1.54, 1.807) is 0 Å². The largest absolute Gasteiger partial charge is 0.478 e. The quantitative estimate of drug-likeness (QED) is 0.776. The molecule has 0 radical (unpaired) electrons. The zero-order valence-electron chi connectivity index (χ0n) is 15.1. The van der Waals surface area contributed by atoms with E-state index in [1.807, 2.05) is 12.1 Å². The number of carboxylic acid groups (broad SMARTS) is 1. The molecule has 2 aromatic rings. The van der Waals surface area contributed by atoms with Crippen molar-refractivity contribution < 1.29 is 9.90 Å². The van der Waals surface area contributed by atoms with E-state index in [4.69, 9.17) is 0 Å². The first-order valence-corrected chi connectivity index (χ1v) is 8.69. The minimum absolute atomic E-state index is 0.0877. The molecule has 0 aliphatic carbocycles. The summed E-state index contributed by atoms with van der Waals surface area (Å²) in [5.41, 5.74) is 3.94. The molecule has 126 valence electrons. The lowest BCUT2D eigenvalue weighted by Crippen LogP contribution is -2.15. The van der Waals surface area contributed by atoms with Gasteiger partial charge in [-0.2, -0.15) is 0 Å². The molecule has 1 aromatic heterocycles. The number of fused-ring (bicyclic) bond motifs is 1. The molecule has 3 nitrogen and oxygen atoms in total. The van der Waals surface area contributed by atoms with E-state index in [2.05, 4.69) is 45.4 Å². The Hall–Kier alpha value is -1.77. The van der Waals surface area contributed by atoms with Gasteiger partial charge in [0.2, 0.25) is 0 Å². The third-order valence-electron chi connectivity index (χ3n) is 4.37. The first kappa shape index (κ1) is 17.6. The predicted molar refractivity (Wildman–Crippen MR) is 96.5 cm³/mol. The molecule has 0 saturated carbocycles. The van der Waals surface area contributed by atoms with Gasteiger partial charge in [-0.1, -0.05) is 41.0 Å². The van der Waals surface area contributed by atoms with Crippen molar-refractivity contribution in [1.82, 2.24) is 4.57 Å². The summed E-state index contributed by atoms with van der Waals surface area (Å²) in [5.74, 6) is -0.845. The lowest BCUT2D eigenvalue weighted by molar-refractivity contribution is 0.0697. The van der Waals surface area contributed by atoms with E-state index in [9.17, 15) is 9.90 Å². The molecule has 0 atom stereocenters. The molecule has 0 bridgehead atoms. The number of hydrogen-bond acceptors (Lipinski definition) is 1. The van der Waals surface area contributed by atoms with E-state index in [0.717, 1.165) is 43.2 Å². The van der Waals surface area contributed by atoms with Crippen LogP contribution in [0.15, 0.2) is 18.3 Å². The van der Waals surface area contributed by atoms with E-state index >= 15 is 0 Å². The summed E-state index contributed by atoms with van der Waals surface area (Å²) >= 11 is 0. The Morgan fingerprint density at radius 1 is 1.17 bits per heavy atom. The average molecular weight is 315 g/mol. The molecule has 2 rings (SSSR count).